The third kappa shape index (κ3) is 3.66. The summed E-state index contributed by atoms with van der Waals surface area (Å²) in [7, 11) is 1.56. The Morgan fingerprint density at radius 3 is 2.77 bits per heavy atom. The van der Waals surface area contributed by atoms with Crippen LogP contribution in [0, 0.1) is 0 Å². The summed E-state index contributed by atoms with van der Waals surface area (Å²) < 4.78 is 17.9. The Bertz CT molecular complexity index is 1450. The van der Waals surface area contributed by atoms with Gasteiger partial charge >= 0.3 is 0 Å². The summed E-state index contributed by atoms with van der Waals surface area (Å²) in [5.74, 6) is 0.514. The lowest BCUT2D eigenvalue weighted by atomic mass is 10.1. The van der Waals surface area contributed by atoms with Gasteiger partial charge in [-0.05, 0) is 30.3 Å². The van der Waals surface area contributed by atoms with Crippen LogP contribution in [0.1, 0.15) is 0 Å². The number of rotatable bonds is 5. The van der Waals surface area contributed by atoms with Gasteiger partial charge in [-0.2, -0.15) is 0 Å². The van der Waals surface area contributed by atoms with E-state index < -0.39 is 0 Å². The van der Waals surface area contributed by atoms with Gasteiger partial charge in [0.1, 0.15) is 23.2 Å². The number of ether oxygens (including phenoxy) is 2. The van der Waals surface area contributed by atoms with Crippen molar-refractivity contribution >= 4 is 60.4 Å². The van der Waals surface area contributed by atoms with Crippen LogP contribution in [0.25, 0.3) is 32.8 Å². The lowest BCUT2D eigenvalue weighted by Gasteiger charge is -2.11. The molecule has 154 valence electrons. The number of halogens is 1. The number of methoxy groups -OCH3 is 1. The van der Waals surface area contributed by atoms with E-state index in [9.17, 15) is 4.79 Å². The van der Waals surface area contributed by atoms with Gasteiger partial charge < -0.3 is 19.2 Å². The number of carbonyl (C=O) groups excluding carboxylic acids is 1. The number of benzene rings is 3. The third-order valence-corrected chi connectivity index (χ3v) is 5.37. The molecule has 2 heterocycles. The highest BCUT2D eigenvalue weighted by Crippen LogP contribution is 2.36. The molecule has 2 aromatic heterocycles. The zero-order valence-corrected chi connectivity index (χ0v) is 18.0. The molecule has 0 spiro atoms. The van der Waals surface area contributed by atoms with Crippen LogP contribution in [0.3, 0.4) is 0 Å². The highest BCUT2D eigenvalue weighted by Gasteiger charge is 2.15. The first-order valence-electron chi connectivity index (χ1n) is 9.44. The molecule has 8 heteroatoms. The Hall–Kier alpha value is -3.65. The van der Waals surface area contributed by atoms with Crippen molar-refractivity contribution in [1.29, 1.82) is 0 Å². The summed E-state index contributed by atoms with van der Waals surface area (Å²) in [5.41, 5.74) is 2.65. The van der Waals surface area contributed by atoms with Gasteiger partial charge in [-0.15, -0.1) is 0 Å². The van der Waals surface area contributed by atoms with E-state index in [4.69, 9.17) is 13.9 Å². The summed E-state index contributed by atoms with van der Waals surface area (Å²) in [6.45, 7) is -0.222. The molecule has 0 saturated heterocycles. The SMILES string of the molecule is COc1cc2c(cc1NC(=O)COc1ncnc3ccc(Br)cc13)oc1ccccc12. The lowest BCUT2D eigenvalue weighted by molar-refractivity contribution is -0.118. The number of nitrogens with one attached hydrogen (secondary N) is 1. The molecule has 0 aliphatic carbocycles. The monoisotopic (exact) mass is 477 g/mol. The highest BCUT2D eigenvalue weighted by molar-refractivity contribution is 9.10. The number of hydrogen-bond acceptors (Lipinski definition) is 6. The molecule has 0 unspecified atom stereocenters. The maximum absolute atomic E-state index is 12.6. The van der Waals surface area contributed by atoms with Crippen LogP contribution in [0.2, 0.25) is 0 Å². The molecule has 3 aromatic carbocycles. The van der Waals surface area contributed by atoms with Crippen molar-refractivity contribution in [3.05, 3.63) is 65.4 Å². The molecule has 0 fully saturated rings. The molecule has 1 amide bonds. The summed E-state index contributed by atoms with van der Waals surface area (Å²) >= 11 is 3.43. The van der Waals surface area contributed by atoms with Crippen LogP contribution >= 0.6 is 15.9 Å². The Morgan fingerprint density at radius 1 is 1.03 bits per heavy atom. The van der Waals surface area contributed by atoms with Crippen molar-refractivity contribution in [1.82, 2.24) is 9.97 Å². The molecule has 1 N–H and O–H groups in total. The minimum atomic E-state index is -0.351. The standard InChI is InChI=1S/C23H16BrN3O4/c1-29-21-9-15-14-4-2-3-5-19(14)31-20(15)10-18(21)27-22(28)11-30-23-16-8-13(24)6-7-17(16)25-12-26-23/h2-10,12H,11H2,1H3,(H,27,28). The molecular formula is C23H16BrN3O4. The summed E-state index contributed by atoms with van der Waals surface area (Å²) in [6, 6.07) is 16.9. The first-order chi connectivity index (χ1) is 15.1. The zero-order valence-electron chi connectivity index (χ0n) is 16.4. The van der Waals surface area contributed by atoms with E-state index in [1.165, 1.54) is 6.33 Å². The molecule has 0 bridgehead atoms. The third-order valence-electron chi connectivity index (χ3n) is 4.87. The minimum Gasteiger partial charge on any atom is -0.495 e. The topological polar surface area (TPSA) is 86.5 Å². The van der Waals surface area contributed by atoms with E-state index in [0.29, 0.717) is 28.3 Å². The van der Waals surface area contributed by atoms with Crippen molar-refractivity contribution in [2.45, 2.75) is 0 Å². The Balaban J connectivity index is 1.39. The molecule has 0 atom stereocenters. The summed E-state index contributed by atoms with van der Waals surface area (Å²) in [4.78, 5) is 21.0. The highest BCUT2D eigenvalue weighted by atomic mass is 79.9. The van der Waals surface area contributed by atoms with Crippen LogP contribution in [0.5, 0.6) is 11.6 Å². The molecule has 5 aromatic rings. The molecule has 7 nitrogen and oxygen atoms in total. The molecule has 31 heavy (non-hydrogen) atoms. The van der Waals surface area contributed by atoms with E-state index in [1.807, 2.05) is 48.5 Å². The quantitative estimate of drug-likeness (QED) is 0.368. The molecule has 5 rings (SSSR count). The fraction of sp³-hybridized carbons (Fsp3) is 0.0870. The first kappa shape index (κ1) is 19.3. The normalized spacial score (nSPS) is 11.2. The van der Waals surface area contributed by atoms with Gasteiger partial charge in [-0.3, -0.25) is 4.79 Å². The van der Waals surface area contributed by atoms with Crippen molar-refractivity contribution in [2.75, 3.05) is 19.0 Å². The van der Waals surface area contributed by atoms with Gasteiger partial charge in [-0.1, -0.05) is 34.1 Å². The van der Waals surface area contributed by atoms with E-state index in [0.717, 1.165) is 26.3 Å². The van der Waals surface area contributed by atoms with Crippen molar-refractivity contribution in [3.63, 3.8) is 0 Å². The average Bonchev–Trinajstić information content (AvgIpc) is 3.14. The van der Waals surface area contributed by atoms with E-state index in [1.54, 1.807) is 13.2 Å². The molecule has 0 radical (unpaired) electrons. The van der Waals surface area contributed by atoms with Gasteiger partial charge in [0.25, 0.3) is 5.91 Å². The zero-order chi connectivity index (χ0) is 21.4. The second-order valence-corrected chi connectivity index (χ2v) is 7.74. The van der Waals surface area contributed by atoms with E-state index in [2.05, 4.69) is 31.2 Å². The van der Waals surface area contributed by atoms with Gasteiger partial charge in [-0.25, -0.2) is 9.97 Å². The van der Waals surface area contributed by atoms with Crippen molar-refractivity contribution in [3.8, 4) is 11.6 Å². The average molecular weight is 478 g/mol. The van der Waals surface area contributed by atoms with Crippen LogP contribution in [-0.4, -0.2) is 29.6 Å². The largest absolute Gasteiger partial charge is 0.495 e. The predicted molar refractivity (Wildman–Crippen MR) is 122 cm³/mol. The van der Waals surface area contributed by atoms with Crippen molar-refractivity contribution in [2.24, 2.45) is 0 Å². The fourth-order valence-corrected chi connectivity index (χ4v) is 3.82. The number of nitrogens with zero attached hydrogens (tertiary/aromatic N) is 2. The lowest BCUT2D eigenvalue weighted by Crippen LogP contribution is -2.21. The maximum atomic E-state index is 12.6. The molecular weight excluding hydrogens is 462 g/mol. The molecule has 0 saturated carbocycles. The van der Waals surface area contributed by atoms with Crippen LogP contribution in [0.4, 0.5) is 5.69 Å². The number of carbonyl (C=O) groups is 1. The number of aromatic nitrogens is 2. The summed E-state index contributed by atoms with van der Waals surface area (Å²) in [6.07, 6.45) is 1.40. The predicted octanol–water partition coefficient (Wildman–Crippen LogP) is 5.32. The summed E-state index contributed by atoms with van der Waals surface area (Å²) in [5, 5.41) is 5.44. The number of furan rings is 1. The van der Waals surface area contributed by atoms with E-state index >= 15 is 0 Å². The Labute approximate surface area is 185 Å². The maximum Gasteiger partial charge on any atom is 0.262 e. The van der Waals surface area contributed by atoms with Crippen LogP contribution in [0.15, 0.2) is 69.8 Å². The van der Waals surface area contributed by atoms with Gasteiger partial charge in [0.15, 0.2) is 6.61 Å². The Morgan fingerprint density at radius 2 is 1.90 bits per heavy atom. The number of para-hydroxylation sites is 1. The second kappa shape index (κ2) is 7.88. The second-order valence-electron chi connectivity index (χ2n) is 6.82. The van der Waals surface area contributed by atoms with Gasteiger partial charge in [0.05, 0.1) is 23.7 Å². The number of fused-ring (bicyclic) bond motifs is 4. The fourth-order valence-electron chi connectivity index (χ4n) is 3.46. The minimum absolute atomic E-state index is 0.222. The first-order valence-corrected chi connectivity index (χ1v) is 10.2. The van der Waals surface area contributed by atoms with Crippen LogP contribution < -0.4 is 14.8 Å². The molecule has 0 aliphatic rings. The number of hydrogen-bond donors (Lipinski definition) is 1. The van der Waals surface area contributed by atoms with Gasteiger partial charge in [0, 0.05) is 21.3 Å². The van der Waals surface area contributed by atoms with Gasteiger partial charge in [0.2, 0.25) is 5.88 Å². The molecule has 0 aliphatic heterocycles. The number of amides is 1. The Kier molecular flexibility index (Phi) is 4.91. The van der Waals surface area contributed by atoms with Crippen molar-refractivity contribution < 1.29 is 18.7 Å². The smallest absolute Gasteiger partial charge is 0.262 e. The van der Waals surface area contributed by atoms with E-state index in [-0.39, 0.29) is 12.5 Å². The van der Waals surface area contributed by atoms with Crippen LogP contribution in [-0.2, 0) is 4.79 Å². The number of anilines is 1.